The average Bonchev–Trinajstić information content (AvgIpc) is 3.31. The zero-order valence-corrected chi connectivity index (χ0v) is 18.5. The smallest absolute Gasteiger partial charge is 0.257 e. The van der Waals surface area contributed by atoms with E-state index in [0.717, 1.165) is 29.2 Å². The maximum Gasteiger partial charge on any atom is 0.257 e. The maximum atomic E-state index is 13.2. The summed E-state index contributed by atoms with van der Waals surface area (Å²) in [5.41, 5.74) is 5.29. The van der Waals surface area contributed by atoms with Gasteiger partial charge in [-0.15, -0.1) is 0 Å². The Hall–Kier alpha value is -3.20. The first-order valence-electron chi connectivity index (χ1n) is 9.60. The van der Waals surface area contributed by atoms with Crippen LogP contribution in [0, 0.1) is 20.8 Å². The van der Waals surface area contributed by atoms with E-state index in [2.05, 4.69) is 20.6 Å². The molecule has 0 unspecified atom stereocenters. The lowest BCUT2D eigenvalue weighted by molar-refractivity contribution is 0.102. The number of nitrogens with zero attached hydrogens (tertiary/aromatic N) is 7. The van der Waals surface area contributed by atoms with E-state index in [1.165, 1.54) is 0 Å². The quantitative estimate of drug-likeness (QED) is 0.539. The van der Waals surface area contributed by atoms with Crippen LogP contribution in [-0.4, -0.2) is 40.2 Å². The van der Waals surface area contributed by atoms with E-state index in [9.17, 15) is 4.79 Å². The van der Waals surface area contributed by atoms with E-state index in [1.807, 2.05) is 32.4 Å². The van der Waals surface area contributed by atoms with Gasteiger partial charge in [-0.2, -0.15) is 15.3 Å². The predicted octanol–water partition coefficient (Wildman–Crippen LogP) is 3.42. The van der Waals surface area contributed by atoms with Gasteiger partial charge in [-0.25, -0.2) is 4.98 Å². The van der Waals surface area contributed by atoms with Crippen molar-refractivity contribution in [1.82, 2.24) is 34.3 Å². The summed E-state index contributed by atoms with van der Waals surface area (Å²) >= 11 is 6.32. The van der Waals surface area contributed by atoms with Crippen molar-refractivity contribution in [2.24, 2.45) is 14.1 Å². The molecule has 0 aliphatic carbocycles. The van der Waals surface area contributed by atoms with Gasteiger partial charge in [0.05, 0.1) is 34.2 Å². The fourth-order valence-electron chi connectivity index (χ4n) is 3.64. The van der Waals surface area contributed by atoms with Gasteiger partial charge in [-0.1, -0.05) is 11.6 Å². The van der Waals surface area contributed by atoms with E-state index < -0.39 is 0 Å². The highest BCUT2D eigenvalue weighted by molar-refractivity contribution is 6.34. The Balaban J connectivity index is 1.87. The number of carbonyl (C=O) groups excluding carboxylic acids is 1. The number of aromatic nitrogens is 7. The molecule has 0 radical (unpaired) electrons. The normalized spacial score (nSPS) is 11.4. The number of aryl methyl sites for hydroxylation is 4. The fourth-order valence-corrected chi connectivity index (χ4v) is 3.85. The second-order valence-electron chi connectivity index (χ2n) is 7.25. The summed E-state index contributed by atoms with van der Waals surface area (Å²) in [6.07, 6.45) is 1.64. The molecule has 9 nitrogen and oxygen atoms in total. The van der Waals surface area contributed by atoms with Gasteiger partial charge in [-0.05, 0) is 33.8 Å². The molecular weight excluding hydrogens is 404 g/mol. The molecule has 30 heavy (non-hydrogen) atoms. The number of halogens is 1. The molecule has 0 aliphatic rings. The molecule has 0 aromatic carbocycles. The van der Waals surface area contributed by atoms with Crippen molar-refractivity contribution in [3.8, 4) is 11.3 Å². The van der Waals surface area contributed by atoms with Gasteiger partial charge in [-0.3, -0.25) is 18.8 Å². The van der Waals surface area contributed by atoms with E-state index in [4.69, 9.17) is 16.6 Å². The van der Waals surface area contributed by atoms with Crippen LogP contribution >= 0.6 is 11.6 Å². The van der Waals surface area contributed by atoms with Gasteiger partial charge >= 0.3 is 0 Å². The number of fused-ring (bicyclic) bond motifs is 1. The topological polar surface area (TPSA) is 95.5 Å². The Kier molecular flexibility index (Phi) is 4.85. The van der Waals surface area contributed by atoms with Gasteiger partial charge in [0.2, 0.25) is 0 Å². The summed E-state index contributed by atoms with van der Waals surface area (Å²) in [7, 11) is 3.58. The third kappa shape index (κ3) is 3.06. The zero-order valence-electron chi connectivity index (χ0n) is 17.8. The molecule has 4 rings (SSSR count). The Morgan fingerprint density at radius 2 is 1.87 bits per heavy atom. The molecule has 1 amide bonds. The van der Waals surface area contributed by atoms with Gasteiger partial charge in [0.1, 0.15) is 5.02 Å². The van der Waals surface area contributed by atoms with Gasteiger partial charge < -0.3 is 5.32 Å². The lowest BCUT2D eigenvalue weighted by Gasteiger charge is -2.09. The average molecular weight is 427 g/mol. The third-order valence-electron chi connectivity index (χ3n) is 5.38. The van der Waals surface area contributed by atoms with E-state index in [0.29, 0.717) is 33.1 Å². The van der Waals surface area contributed by atoms with Crippen molar-refractivity contribution in [1.29, 1.82) is 0 Å². The van der Waals surface area contributed by atoms with Crippen molar-refractivity contribution in [3.63, 3.8) is 0 Å². The van der Waals surface area contributed by atoms with Crippen LogP contribution in [0.4, 0.5) is 5.82 Å². The second-order valence-corrected chi connectivity index (χ2v) is 7.63. The summed E-state index contributed by atoms with van der Waals surface area (Å²) in [6, 6.07) is 1.78. The fraction of sp³-hybridized carbons (Fsp3) is 0.350. The minimum atomic E-state index is -0.324. The molecular formula is C20H23ClN8O. The molecule has 0 aliphatic heterocycles. The molecule has 0 bridgehead atoms. The van der Waals surface area contributed by atoms with Gasteiger partial charge in [0.15, 0.2) is 11.5 Å². The number of pyridine rings is 1. The van der Waals surface area contributed by atoms with Gasteiger partial charge in [0.25, 0.3) is 5.91 Å². The van der Waals surface area contributed by atoms with Crippen molar-refractivity contribution in [2.45, 2.75) is 34.2 Å². The molecule has 4 aromatic rings. The van der Waals surface area contributed by atoms with Crippen molar-refractivity contribution >= 4 is 34.4 Å². The molecule has 0 spiro atoms. The summed E-state index contributed by atoms with van der Waals surface area (Å²) in [6.45, 7) is 8.58. The maximum absolute atomic E-state index is 13.2. The number of hydrogen-bond acceptors (Lipinski definition) is 5. The summed E-state index contributed by atoms with van der Waals surface area (Å²) in [4.78, 5) is 18.0. The molecule has 4 heterocycles. The van der Waals surface area contributed by atoms with Crippen LogP contribution in [0.1, 0.15) is 34.4 Å². The first kappa shape index (κ1) is 20.1. The highest BCUT2D eigenvalue weighted by atomic mass is 35.5. The third-order valence-corrected chi connectivity index (χ3v) is 5.83. The minimum Gasteiger partial charge on any atom is -0.304 e. The lowest BCUT2D eigenvalue weighted by Crippen LogP contribution is -2.14. The van der Waals surface area contributed by atoms with Crippen molar-refractivity contribution in [3.05, 3.63) is 39.9 Å². The molecule has 0 saturated heterocycles. The highest BCUT2D eigenvalue weighted by Gasteiger charge is 2.22. The number of anilines is 1. The Morgan fingerprint density at radius 3 is 2.47 bits per heavy atom. The molecule has 0 atom stereocenters. The Bertz CT molecular complexity index is 1300. The van der Waals surface area contributed by atoms with Crippen LogP contribution in [0.2, 0.25) is 5.02 Å². The van der Waals surface area contributed by atoms with E-state index >= 15 is 0 Å². The summed E-state index contributed by atoms with van der Waals surface area (Å²) < 4.78 is 5.21. The van der Waals surface area contributed by atoms with Crippen LogP contribution in [0.5, 0.6) is 0 Å². The SMILES string of the molecule is CCn1nc(C)c(-c2cc(C(=O)Nc3nn(C)c(C)c3Cl)c3cnn(C)c3n2)c1C. The lowest BCUT2D eigenvalue weighted by atomic mass is 10.0. The monoisotopic (exact) mass is 426 g/mol. The molecule has 1 N–H and O–H groups in total. The Morgan fingerprint density at radius 1 is 1.13 bits per heavy atom. The standard InChI is InChI=1S/C20H23ClN8O/c1-7-29-11(3)16(10(2)25-29)15-8-13(14-9-22-28(6)19(14)23-15)20(30)24-18-17(21)12(4)27(5)26-18/h8-9H,7H2,1-6H3,(H,24,26,30). The van der Waals surface area contributed by atoms with Crippen LogP contribution in [0.3, 0.4) is 0 Å². The minimum absolute atomic E-state index is 0.322. The Labute approximate surface area is 178 Å². The number of carbonyl (C=O) groups is 1. The van der Waals surface area contributed by atoms with Crippen molar-refractivity contribution < 1.29 is 4.79 Å². The second kappa shape index (κ2) is 7.24. The number of hydrogen-bond donors (Lipinski definition) is 1. The molecule has 0 fully saturated rings. The number of rotatable bonds is 4. The summed E-state index contributed by atoms with van der Waals surface area (Å²) in [5, 5.41) is 17.1. The molecule has 156 valence electrons. The first-order chi connectivity index (χ1) is 14.2. The van der Waals surface area contributed by atoms with Crippen LogP contribution in [-0.2, 0) is 20.6 Å². The van der Waals surface area contributed by atoms with E-state index in [-0.39, 0.29) is 5.91 Å². The number of nitrogens with one attached hydrogen (secondary N) is 1. The predicted molar refractivity (Wildman–Crippen MR) is 116 cm³/mol. The molecule has 10 heteroatoms. The van der Waals surface area contributed by atoms with Crippen molar-refractivity contribution in [2.75, 3.05) is 5.32 Å². The number of amides is 1. The van der Waals surface area contributed by atoms with Crippen LogP contribution in [0.15, 0.2) is 12.3 Å². The molecule has 0 saturated carbocycles. The van der Waals surface area contributed by atoms with Crippen LogP contribution < -0.4 is 5.32 Å². The zero-order chi connectivity index (χ0) is 21.7. The highest BCUT2D eigenvalue weighted by Crippen LogP contribution is 2.30. The molecule has 4 aromatic heterocycles. The summed E-state index contributed by atoms with van der Waals surface area (Å²) in [5.74, 6) is -0.00178. The van der Waals surface area contributed by atoms with Gasteiger partial charge in [0, 0.05) is 31.9 Å². The largest absolute Gasteiger partial charge is 0.304 e. The first-order valence-corrected chi connectivity index (χ1v) is 9.98. The van der Waals surface area contributed by atoms with E-state index in [1.54, 1.807) is 35.7 Å². The van der Waals surface area contributed by atoms with Crippen LogP contribution in [0.25, 0.3) is 22.3 Å².